The summed E-state index contributed by atoms with van der Waals surface area (Å²) in [6.07, 6.45) is 1.05. The Balaban J connectivity index is 1.69. The van der Waals surface area contributed by atoms with E-state index in [1.165, 1.54) is 16.9 Å². The molecular formula is C18H23ClN2O2S. The number of hydrogen-bond donors (Lipinski definition) is 1. The summed E-state index contributed by atoms with van der Waals surface area (Å²) in [5.41, 5.74) is 2.18. The second-order valence-corrected chi connectivity index (χ2v) is 7.68. The fourth-order valence-electron chi connectivity index (χ4n) is 2.08. The Morgan fingerprint density at radius 2 is 2.00 bits per heavy atom. The molecule has 0 aliphatic carbocycles. The maximum atomic E-state index is 11.8. The Morgan fingerprint density at radius 1 is 1.29 bits per heavy atom. The molecule has 0 saturated carbocycles. The molecule has 1 heterocycles. The number of nitrogens with one attached hydrogen (secondary N) is 1. The zero-order valence-electron chi connectivity index (χ0n) is 14.3. The minimum Gasteiger partial charge on any atom is -0.494 e. The maximum absolute atomic E-state index is 11.8. The third-order valence-corrected chi connectivity index (χ3v) is 4.55. The molecule has 0 saturated heterocycles. The number of carbonyl (C=O) groups excluding carboxylic acids is 1. The third-order valence-electron chi connectivity index (χ3n) is 3.47. The lowest BCUT2D eigenvalue weighted by Gasteiger charge is -2.19. The molecule has 0 aliphatic heterocycles. The number of hydrogen-bond acceptors (Lipinski definition) is 4. The minimum absolute atomic E-state index is 0.0582. The van der Waals surface area contributed by atoms with Gasteiger partial charge in [0.15, 0.2) is 5.13 Å². The molecule has 1 aromatic heterocycles. The number of ether oxygens (including phenoxy) is 1. The van der Waals surface area contributed by atoms with E-state index < -0.39 is 0 Å². The second kappa shape index (κ2) is 8.49. The van der Waals surface area contributed by atoms with Crippen LogP contribution in [0.3, 0.4) is 0 Å². The Hall–Kier alpha value is -1.59. The molecule has 0 fully saturated rings. The number of anilines is 1. The average molecular weight is 367 g/mol. The molecule has 2 aromatic rings. The normalized spacial score (nSPS) is 11.3. The van der Waals surface area contributed by atoms with Crippen molar-refractivity contribution in [2.45, 2.75) is 44.9 Å². The molecule has 2 rings (SSSR count). The highest BCUT2D eigenvalue weighted by Crippen LogP contribution is 2.24. The monoisotopic (exact) mass is 366 g/mol. The standard InChI is InChI=1S/C18H23ClN2O2S/c1-18(2,3)13-6-8-15(9-7-13)23-10-4-5-16(22)21-17-20-14(11-19)12-24-17/h6-9,12H,4-5,10-11H2,1-3H3,(H,20,21,22). The zero-order valence-corrected chi connectivity index (χ0v) is 15.8. The van der Waals surface area contributed by atoms with Crippen LogP contribution >= 0.6 is 22.9 Å². The van der Waals surface area contributed by atoms with E-state index in [2.05, 4.69) is 43.2 Å². The van der Waals surface area contributed by atoms with Crippen molar-refractivity contribution in [2.24, 2.45) is 0 Å². The molecule has 130 valence electrons. The Kier molecular flexibility index (Phi) is 6.63. The number of thiazole rings is 1. The second-order valence-electron chi connectivity index (χ2n) is 6.55. The van der Waals surface area contributed by atoms with E-state index in [-0.39, 0.29) is 11.3 Å². The summed E-state index contributed by atoms with van der Waals surface area (Å²) in [7, 11) is 0. The number of alkyl halides is 1. The fourth-order valence-corrected chi connectivity index (χ4v) is 3.04. The summed E-state index contributed by atoms with van der Waals surface area (Å²) < 4.78 is 5.69. The molecule has 0 bridgehead atoms. The van der Waals surface area contributed by atoms with Crippen LogP contribution in [0.25, 0.3) is 0 Å². The molecule has 0 spiro atoms. The van der Waals surface area contributed by atoms with Crippen LogP contribution in [0.15, 0.2) is 29.6 Å². The lowest BCUT2D eigenvalue weighted by Crippen LogP contribution is -2.13. The van der Waals surface area contributed by atoms with Crippen molar-refractivity contribution in [1.29, 1.82) is 0 Å². The molecule has 4 nitrogen and oxygen atoms in total. The lowest BCUT2D eigenvalue weighted by atomic mass is 9.87. The van der Waals surface area contributed by atoms with Crippen LogP contribution in [0, 0.1) is 0 Å². The maximum Gasteiger partial charge on any atom is 0.226 e. The molecule has 1 amide bonds. The van der Waals surface area contributed by atoms with E-state index in [0.29, 0.717) is 30.5 Å². The van der Waals surface area contributed by atoms with Gasteiger partial charge < -0.3 is 10.1 Å². The predicted octanol–water partition coefficient (Wildman–Crippen LogP) is 4.98. The first-order valence-electron chi connectivity index (χ1n) is 7.92. The van der Waals surface area contributed by atoms with Crippen molar-refractivity contribution in [1.82, 2.24) is 4.98 Å². The Labute approximate surface area is 152 Å². The van der Waals surface area contributed by atoms with Gasteiger partial charge in [-0.25, -0.2) is 4.98 Å². The number of benzene rings is 1. The van der Waals surface area contributed by atoms with Gasteiger partial charge in [0.1, 0.15) is 5.75 Å². The highest BCUT2D eigenvalue weighted by atomic mass is 35.5. The van der Waals surface area contributed by atoms with Crippen molar-refractivity contribution in [3.8, 4) is 5.75 Å². The topological polar surface area (TPSA) is 51.2 Å². The van der Waals surface area contributed by atoms with Gasteiger partial charge in [0, 0.05) is 11.8 Å². The van der Waals surface area contributed by atoms with Gasteiger partial charge in [-0.2, -0.15) is 0 Å². The minimum atomic E-state index is -0.0582. The van der Waals surface area contributed by atoms with E-state index in [1.54, 1.807) is 0 Å². The van der Waals surface area contributed by atoms with Gasteiger partial charge in [-0.3, -0.25) is 4.79 Å². The van der Waals surface area contributed by atoms with Crippen LogP contribution in [0.4, 0.5) is 5.13 Å². The zero-order chi connectivity index (χ0) is 17.6. The Morgan fingerprint density at radius 3 is 2.58 bits per heavy atom. The molecule has 1 aromatic carbocycles. The van der Waals surface area contributed by atoms with E-state index in [0.717, 1.165) is 11.4 Å². The number of carbonyl (C=O) groups is 1. The summed E-state index contributed by atoms with van der Waals surface area (Å²) >= 11 is 7.07. The SMILES string of the molecule is CC(C)(C)c1ccc(OCCCC(=O)Nc2nc(CCl)cs2)cc1. The quantitative estimate of drug-likeness (QED) is 0.555. The highest BCUT2D eigenvalue weighted by molar-refractivity contribution is 7.13. The number of rotatable bonds is 7. The molecule has 24 heavy (non-hydrogen) atoms. The third kappa shape index (κ3) is 5.80. The van der Waals surface area contributed by atoms with Crippen molar-refractivity contribution in [3.63, 3.8) is 0 Å². The van der Waals surface area contributed by atoms with E-state index in [9.17, 15) is 4.79 Å². The van der Waals surface area contributed by atoms with Crippen molar-refractivity contribution in [3.05, 3.63) is 40.9 Å². The van der Waals surface area contributed by atoms with E-state index in [4.69, 9.17) is 16.3 Å². The van der Waals surface area contributed by atoms with E-state index >= 15 is 0 Å². The summed E-state index contributed by atoms with van der Waals surface area (Å²) in [4.78, 5) is 16.0. The Bertz CT molecular complexity index is 662. The first-order valence-corrected chi connectivity index (χ1v) is 9.33. The molecule has 1 N–H and O–H groups in total. The molecule has 0 radical (unpaired) electrons. The van der Waals surface area contributed by atoms with Crippen LogP contribution in [-0.2, 0) is 16.1 Å². The first-order chi connectivity index (χ1) is 11.4. The van der Waals surface area contributed by atoms with Crippen LogP contribution in [0.2, 0.25) is 0 Å². The van der Waals surface area contributed by atoms with Crippen molar-refractivity contribution < 1.29 is 9.53 Å². The first kappa shape index (κ1) is 18.7. The summed E-state index contributed by atoms with van der Waals surface area (Å²) in [5.74, 6) is 1.13. The molecule has 0 aliphatic rings. The fraction of sp³-hybridized carbons (Fsp3) is 0.444. The lowest BCUT2D eigenvalue weighted by molar-refractivity contribution is -0.116. The van der Waals surface area contributed by atoms with Crippen LogP contribution in [0.5, 0.6) is 5.75 Å². The number of nitrogens with zero attached hydrogens (tertiary/aromatic N) is 1. The van der Waals surface area contributed by atoms with Gasteiger partial charge >= 0.3 is 0 Å². The summed E-state index contributed by atoms with van der Waals surface area (Å²) in [5, 5.41) is 5.21. The smallest absolute Gasteiger partial charge is 0.226 e. The van der Waals surface area contributed by atoms with Crippen LogP contribution in [-0.4, -0.2) is 17.5 Å². The largest absolute Gasteiger partial charge is 0.494 e. The van der Waals surface area contributed by atoms with E-state index in [1.807, 2.05) is 17.5 Å². The predicted molar refractivity (Wildman–Crippen MR) is 100 cm³/mol. The average Bonchev–Trinajstić information content (AvgIpc) is 2.99. The van der Waals surface area contributed by atoms with Crippen LogP contribution < -0.4 is 10.1 Å². The summed E-state index contributed by atoms with van der Waals surface area (Å²) in [6, 6.07) is 8.12. The van der Waals surface area contributed by atoms with Gasteiger partial charge in [-0.15, -0.1) is 22.9 Å². The number of halogens is 1. The van der Waals surface area contributed by atoms with Gasteiger partial charge in [-0.1, -0.05) is 32.9 Å². The van der Waals surface area contributed by atoms with Crippen molar-refractivity contribution >= 4 is 34.0 Å². The summed E-state index contributed by atoms with van der Waals surface area (Å²) in [6.45, 7) is 7.05. The molecule has 6 heteroatoms. The van der Waals surface area contributed by atoms with Gasteiger partial charge in [0.2, 0.25) is 5.91 Å². The van der Waals surface area contributed by atoms with Crippen LogP contribution in [0.1, 0.15) is 44.9 Å². The highest BCUT2D eigenvalue weighted by Gasteiger charge is 2.13. The molecule has 0 atom stereocenters. The molecular weight excluding hydrogens is 344 g/mol. The van der Waals surface area contributed by atoms with Crippen molar-refractivity contribution in [2.75, 3.05) is 11.9 Å². The van der Waals surface area contributed by atoms with Gasteiger partial charge in [-0.05, 0) is 29.5 Å². The molecule has 0 unspecified atom stereocenters. The van der Waals surface area contributed by atoms with Gasteiger partial charge in [0.25, 0.3) is 0 Å². The van der Waals surface area contributed by atoms with Gasteiger partial charge in [0.05, 0.1) is 18.2 Å². The number of aromatic nitrogens is 1. The number of amides is 1.